The van der Waals surface area contributed by atoms with Crippen molar-refractivity contribution in [2.24, 2.45) is 22.9 Å². The van der Waals surface area contributed by atoms with Crippen LogP contribution in [-0.4, -0.2) is 81.5 Å². The molecule has 2 aromatic carbocycles. The number of allylic oxidation sites excluding steroid dienone is 1. The van der Waals surface area contributed by atoms with E-state index in [2.05, 4.69) is 28.7 Å². The van der Waals surface area contributed by atoms with Crippen molar-refractivity contribution in [1.82, 2.24) is 9.97 Å². The van der Waals surface area contributed by atoms with E-state index in [0.29, 0.717) is 42.1 Å². The highest BCUT2D eigenvalue weighted by Gasteiger charge is 2.64. The number of rotatable bonds is 20. The zero-order valence-corrected chi connectivity index (χ0v) is 34.4. The van der Waals surface area contributed by atoms with Gasteiger partial charge in [0.25, 0.3) is 0 Å². The van der Waals surface area contributed by atoms with Gasteiger partial charge < -0.3 is 34.0 Å². The molecule has 2 aliphatic carbocycles. The lowest BCUT2D eigenvalue weighted by molar-refractivity contribution is -0.223. The summed E-state index contributed by atoms with van der Waals surface area (Å²) in [5, 5.41) is 24.5. The fourth-order valence-electron chi connectivity index (χ4n) is 8.50. The highest BCUT2D eigenvalue weighted by atomic mass is 32.2. The molecular weight excluding hydrogens is 743 g/mol. The standard InChI is InChI=1S/C45H57N3O8S/c1-6-22-53-45-41(57-23-17-32-28-46-18-19-47-32)27-38(48-56-44(2,3)4)36-25-30(11-7-9-20-49)35(12-8-10-21-50)42(43(36)45)37-26-34(14-16-40(37)55-45)54-33-13-15-39(52-5)31(24-33)29-51/h6,13-16,18-19,24-26,28-30,35,41-43,49-50H,1,7-12,17,20-23,27H2,2-5H3/t30-,35+,41-,42+,43+,45+/m0/s1. The summed E-state index contributed by atoms with van der Waals surface area (Å²) in [6, 6.07) is 11.1. The number of carbonyl (C=O) groups is 1. The summed E-state index contributed by atoms with van der Waals surface area (Å²) in [5.74, 6) is 1.90. The first-order chi connectivity index (χ1) is 27.6. The van der Waals surface area contributed by atoms with Crippen LogP contribution in [0.3, 0.4) is 0 Å². The maximum atomic E-state index is 11.9. The van der Waals surface area contributed by atoms with Gasteiger partial charge in [0.05, 0.1) is 41.9 Å². The third kappa shape index (κ3) is 9.91. The molecule has 0 radical (unpaired) electrons. The number of oxime groups is 1. The molecule has 0 saturated heterocycles. The maximum Gasteiger partial charge on any atom is 0.230 e. The lowest BCUT2D eigenvalue weighted by Crippen LogP contribution is -2.64. The predicted molar refractivity (Wildman–Crippen MR) is 222 cm³/mol. The lowest BCUT2D eigenvalue weighted by atomic mass is 9.56. The van der Waals surface area contributed by atoms with E-state index < -0.39 is 11.4 Å². The Morgan fingerprint density at radius 3 is 2.53 bits per heavy atom. The van der Waals surface area contributed by atoms with E-state index in [9.17, 15) is 15.0 Å². The zero-order valence-electron chi connectivity index (χ0n) is 33.6. The molecule has 2 heterocycles. The van der Waals surface area contributed by atoms with Crippen LogP contribution in [0.4, 0.5) is 0 Å². The molecule has 1 fully saturated rings. The second-order valence-corrected chi connectivity index (χ2v) is 17.2. The van der Waals surface area contributed by atoms with Gasteiger partial charge in [-0.1, -0.05) is 30.1 Å². The number of aliphatic hydroxyl groups excluding tert-OH is 2. The van der Waals surface area contributed by atoms with E-state index in [1.165, 1.54) is 7.11 Å². The monoisotopic (exact) mass is 799 g/mol. The largest absolute Gasteiger partial charge is 0.496 e. The van der Waals surface area contributed by atoms with Crippen molar-refractivity contribution in [3.05, 3.63) is 96.1 Å². The second kappa shape index (κ2) is 19.5. The van der Waals surface area contributed by atoms with Crippen LogP contribution in [0.2, 0.25) is 0 Å². The number of methoxy groups -OCH3 is 1. The molecule has 1 aliphatic heterocycles. The van der Waals surface area contributed by atoms with Crippen molar-refractivity contribution in [1.29, 1.82) is 0 Å². The molecule has 0 bridgehead atoms. The van der Waals surface area contributed by atoms with Crippen molar-refractivity contribution in [3.8, 4) is 23.0 Å². The van der Waals surface area contributed by atoms with Crippen LogP contribution >= 0.6 is 11.8 Å². The number of aromatic nitrogens is 2. The number of ether oxygens (including phenoxy) is 4. The molecule has 12 heteroatoms. The van der Waals surface area contributed by atoms with Gasteiger partial charge >= 0.3 is 0 Å². The van der Waals surface area contributed by atoms with Crippen molar-refractivity contribution in [2.45, 2.75) is 94.7 Å². The van der Waals surface area contributed by atoms with E-state index in [-0.39, 0.29) is 48.7 Å². The maximum absolute atomic E-state index is 11.9. The first kappa shape index (κ1) is 42.4. The molecule has 0 unspecified atom stereocenters. The Morgan fingerprint density at radius 1 is 1.05 bits per heavy atom. The van der Waals surface area contributed by atoms with Gasteiger partial charge in [-0.3, -0.25) is 14.8 Å². The van der Waals surface area contributed by atoms with Gasteiger partial charge in [0.15, 0.2) is 6.29 Å². The minimum Gasteiger partial charge on any atom is -0.496 e. The molecule has 57 heavy (non-hydrogen) atoms. The van der Waals surface area contributed by atoms with Gasteiger partial charge in [-0.25, -0.2) is 0 Å². The SMILES string of the molecule is C=CCO[C@@]12Oc3ccc(Oc4ccc(OC)c(C=O)c4)cc3[C@H]3[C@H](CCCCO)[C@@H](CCCCO)C=C(C(=NOC(C)(C)C)C[C@@H]1SCCc1cnccn1)[C@H]32. The van der Waals surface area contributed by atoms with Gasteiger partial charge in [0.1, 0.15) is 28.6 Å². The minimum absolute atomic E-state index is 0.0930. The summed E-state index contributed by atoms with van der Waals surface area (Å²) in [7, 11) is 1.53. The smallest absolute Gasteiger partial charge is 0.230 e. The molecule has 11 nitrogen and oxygen atoms in total. The number of fused-ring (bicyclic) bond motifs is 2. The third-order valence-corrected chi connectivity index (χ3v) is 12.2. The Kier molecular flexibility index (Phi) is 14.5. The number of hydrogen-bond acceptors (Lipinski definition) is 12. The van der Waals surface area contributed by atoms with Crippen LogP contribution in [0.25, 0.3) is 0 Å². The number of carbonyl (C=O) groups excluding carboxylic acids is 1. The fraction of sp³-hybridized carbons (Fsp3) is 0.511. The van der Waals surface area contributed by atoms with Crippen molar-refractivity contribution in [3.63, 3.8) is 0 Å². The molecular formula is C45H57N3O8S. The lowest BCUT2D eigenvalue weighted by Gasteiger charge is -2.58. The number of thioether (sulfide) groups is 1. The Labute approximate surface area is 340 Å². The normalized spacial score (nSPS) is 24.4. The number of benzene rings is 2. The molecule has 3 aromatic rings. The average molecular weight is 800 g/mol. The Balaban J connectivity index is 1.52. The van der Waals surface area contributed by atoms with Crippen LogP contribution < -0.4 is 14.2 Å². The number of aryl methyl sites for hydroxylation is 1. The van der Waals surface area contributed by atoms with Crippen LogP contribution in [-0.2, 0) is 16.0 Å². The summed E-state index contributed by atoms with van der Waals surface area (Å²) in [6.07, 6.45) is 16.3. The molecule has 6 atom stereocenters. The van der Waals surface area contributed by atoms with E-state index in [0.717, 1.165) is 72.4 Å². The zero-order chi connectivity index (χ0) is 40.4. The molecule has 6 rings (SSSR count). The fourth-order valence-corrected chi connectivity index (χ4v) is 9.88. The summed E-state index contributed by atoms with van der Waals surface area (Å²) >= 11 is 1.79. The molecule has 2 N–H and O–H groups in total. The van der Waals surface area contributed by atoms with E-state index in [1.807, 2.05) is 32.9 Å². The molecule has 1 saturated carbocycles. The Bertz CT molecular complexity index is 1880. The summed E-state index contributed by atoms with van der Waals surface area (Å²) in [5.41, 5.74) is 3.75. The molecule has 0 amide bonds. The number of unbranched alkanes of at least 4 members (excludes halogenated alkanes) is 2. The van der Waals surface area contributed by atoms with Crippen molar-refractivity contribution >= 4 is 23.8 Å². The van der Waals surface area contributed by atoms with E-state index in [1.54, 1.807) is 54.6 Å². The number of aldehydes is 1. The third-order valence-electron chi connectivity index (χ3n) is 10.9. The number of hydrogen-bond donors (Lipinski definition) is 2. The minimum atomic E-state index is -1.09. The van der Waals surface area contributed by atoms with Crippen molar-refractivity contribution in [2.75, 3.05) is 32.7 Å². The molecule has 1 aromatic heterocycles. The van der Waals surface area contributed by atoms with Crippen LogP contribution in [0.15, 0.2) is 84.4 Å². The van der Waals surface area contributed by atoms with E-state index >= 15 is 0 Å². The highest BCUT2D eigenvalue weighted by Crippen LogP contribution is 2.62. The quantitative estimate of drug-likeness (QED) is 0.0492. The summed E-state index contributed by atoms with van der Waals surface area (Å²) < 4.78 is 26.2. The van der Waals surface area contributed by atoms with Gasteiger partial charge in [0, 0.05) is 56.1 Å². The van der Waals surface area contributed by atoms with Crippen molar-refractivity contribution < 1.29 is 38.8 Å². The van der Waals surface area contributed by atoms with Gasteiger partial charge in [0.2, 0.25) is 5.79 Å². The Morgan fingerprint density at radius 2 is 1.82 bits per heavy atom. The first-order valence-electron chi connectivity index (χ1n) is 20.1. The number of nitrogens with zero attached hydrogens (tertiary/aromatic N) is 3. The summed E-state index contributed by atoms with van der Waals surface area (Å²) in [6.45, 7) is 10.6. The van der Waals surface area contributed by atoms with Gasteiger partial charge in [-0.05, 0) is 106 Å². The summed E-state index contributed by atoms with van der Waals surface area (Å²) in [4.78, 5) is 26.9. The number of aliphatic hydroxyl groups is 2. The molecule has 3 aliphatic rings. The topological polar surface area (TPSA) is 142 Å². The Hall–Kier alpha value is -4.23. The highest BCUT2D eigenvalue weighted by molar-refractivity contribution is 8.00. The molecule has 306 valence electrons. The molecule has 0 spiro atoms. The van der Waals surface area contributed by atoms with Crippen LogP contribution in [0, 0.1) is 17.8 Å². The van der Waals surface area contributed by atoms with Gasteiger partial charge in [-0.2, -0.15) is 11.8 Å². The average Bonchev–Trinajstić information content (AvgIpc) is 3.21. The second-order valence-electron chi connectivity index (χ2n) is 15.9. The first-order valence-corrected chi connectivity index (χ1v) is 21.1. The van der Waals surface area contributed by atoms with E-state index in [4.69, 9.17) is 28.9 Å². The predicted octanol–water partition coefficient (Wildman–Crippen LogP) is 8.50. The van der Waals surface area contributed by atoms with Crippen LogP contribution in [0.1, 0.15) is 93.3 Å². The van der Waals surface area contributed by atoms with Gasteiger partial charge in [-0.15, -0.1) is 6.58 Å². The van der Waals surface area contributed by atoms with Crippen LogP contribution in [0.5, 0.6) is 23.0 Å².